The van der Waals surface area contributed by atoms with Gasteiger partial charge in [0, 0.05) is 24.0 Å². The van der Waals surface area contributed by atoms with Crippen LogP contribution in [0.1, 0.15) is 31.5 Å². The molecule has 0 amide bonds. The number of rotatable bonds is 9. The van der Waals surface area contributed by atoms with E-state index in [2.05, 4.69) is 41.7 Å². The van der Waals surface area contributed by atoms with Gasteiger partial charge in [-0.15, -0.1) is 0 Å². The minimum Gasteiger partial charge on any atom is -0.497 e. The Bertz CT molecular complexity index is 1110. The summed E-state index contributed by atoms with van der Waals surface area (Å²) in [6.45, 7) is 13.7. The summed E-state index contributed by atoms with van der Waals surface area (Å²) in [5.41, 5.74) is 3.53. The van der Waals surface area contributed by atoms with Crippen molar-refractivity contribution in [1.29, 1.82) is 0 Å². The molecule has 1 aliphatic heterocycles. The van der Waals surface area contributed by atoms with Gasteiger partial charge in [-0.2, -0.15) is 0 Å². The molecule has 1 aliphatic rings. The van der Waals surface area contributed by atoms with Crippen LogP contribution in [0.4, 0.5) is 11.6 Å². The number of aromatic nitrogens is 2. The number of benzene rings is 1. The summed E-state index contributed by atoms with van der Waals surface area (Å²) in [7, 11) is 1.60. The monoisotopic (exact) mass is 520 g/mol. The fraction of sp³-hybridized carbons (Fsp3) is 0.400. The molecule has 2 aromatic rings. The third-order valence-corrected chi connectivity index (χ3v) is 6.02. The molecule has 1 aromatic heterocycles. The summed E-state index contributed by atoms with van der Waals surface area (Å²) in [6.07, 6.45) is 12.3. The Morgan fingerprint density at radius 2 is 1.97 bits per heavy atom. The minimum atomic E-state index is 0.420. The predicted molar refractivity (Wildman–Crippen MR) is 153 cm³/mol. The van der Waals surface area contributed by atoms with Crippen molar-refractivity contribution in [2.75, 3.05) is 58.5 Å². The van der Waals surface area contributed by atoms with Gasteiger partial charge in [0.15, 0.2) is 0 Å². The van der Waals surface area contributed by atoms with Crippen LogP contribution in [0.2, 0.25) is 0 Å². The number of fused-ring (bicyclic) bond motifs is 4. The maximum atomic E-state index is 6.15. The molecular formula is C30H40N4O4. The molecule has 8 heteroatoms. The van der Waals surface area contributed by atoms with Crippen molar-refractivity contribution >= 4 is 17.2 Å². The van der Waals surface area contributed by atoms with E-state index in [0.717, 1.165) is 54.3 Å². The average molecular weight is 521 g/mol. The topological polar surface area (TPSA) is 78.0 Å². The van der Waals surface area contributed by atoms with E-state index in [0.29, 0.717) is 44.7 Å². The lowest BCUT2D eigenvalue weighted by atomic mass is 10.1. The van der Waals surface area contributed by atoms with Crippen LogP contribution in [0.3, 0.4) is 0 Å². The lowest BCUT2D eigenvalue weighted by Crippen LogP contribution is -2.28. The van der Waals surface area contributed by atoms with E-state index in [1.807, 2.05) is 48.6 Å². The first-order valence-electron chi connectivity index (χ1n) is 13.1. The van der Waals surface area contributed by atoms with Crippen LogP contribution in [0, 0.1) is 0 Å². The van der Waals surface area contributed by atoms with Crippen LogP contribution in [0.25, 0.3) is 5.57 Å². The highest BCUT2D eigenvalue weighted by Crippen LogP contribution is 2.26. The Hall–Kier alpha value is -3.46. The van der Waals surface area contributed by atoms with Crippen molar-refractivity contribution in [2.24, 2.45) is 0 Å². The van der Waals surface area contributed by atoms with Gasteiger partial charge < -0.3 is 29.2 Å². The van der Waals surface area contributed by atoms with Crippen molar-refractivity contribution in [2.45, 2.75) is 26.9 Å². The number of allylic oxidation sites excluding steroid dienone is 3. The van der Waals surface area contributed by atoms with Gasteiger partial charge in [-0.25, -0.2) is 9.97 Å². The molecule has 0 saturated carbocycles. The molecule has 4 bridgehead atoms. The molecule has 0 atom stereocenters. The molecule has 204 valence electrons. The molecule has 0 aliphatic carbocycles. The van der Waals surface area contributed by atoms with E-state index >= 15 is 0 Å². The second-order valence-corrected chi connectivity index (χ2v) is 8.60. The van der Waals surface area contributed by atoms with Crippen molar-refractivity contribution in [1.82, 2.24) is 14.9 Å². The van der Waals surface area contributed by atoms with Gasteiger partial charge in [-0.3, -0.25) is 0 Å². The standard InChI is InChI=1S/C30H40N4O4/c1-5-34(6-2)17-21-38-29-14-13-27-22-26(29)23-37-19-8-7-18-36-20-9-10-25(12-11-24(3)35-4)28-15-16-31-30(32-27)33-28/h7-8,10-16,22H,3,5-6,9,17-21,23H2,1-2,4H3,(H,31,32,33)/b8-7+,12-11-,25-10+. The van der Waals surface area contributed by atoms with Crippen LogP contribution in [-0.2, 0) is 20.8 Å². The second kappa shape index (κ2) is 16.4. The van der Waals surface area contributed by atoms with Crippen LogP contribution in [-0.4, -0.2) is 68.0 Å². The van der Waals surface area contributed by atoms with Crippen molar-refractivity contribution in [3.63, 3.8) is 0 Å². The summed E-state index contributed by atoms with van der Waals surface area (Å²) in [4.78, 5) is 11.5. The zero-order valence-electron chi connectivity index (χ0n) is 22.8. The fourth-order valence-corrected chi connectivity index (χ4v) is 3.78. The molecule has 0 radical (unpaired) electrons. The van der Waals surface area contributed by atoms with Gasteiger partial charge in [-0.05, 0) is 61.5 Å². The summed E-state index contributed by atoms with van der Waals surface area (Å²) in [5, 5.41) is 3.33. The Morgan fingerprint density at radius 3 is 2.76 bits per heavy atom. The second-order valence-electron chi connectivity index (χ2n) is 8.60. The van der Waals surface area contributed by atoms with E-state index in [-0.39, 0.29) is 0 Å². The fourth-order valence-electron chi connectivity index (χ4n) is 3.78. The highest BCUT2D eigenvalue weighted by atomic mass is 16.5. The number of hydrogen-bond acceptors (Lipinski definition) is 8. The minimum absolute atomic E-state index is 0.420. The molecule has 0 spiro atoms. The predicted octanol–water partition coefficient (Wildman–Crippen LogP) is 5.53. The Morgan fingerprint density at radius 1 is 1.16 bits per heavy atom. The zero-order chi connectivity index (χ0) is 27.0. The molecule has 0 unspecified atom stereocenters. The number of ether oxygens (including phenoxy) is 4. The van der Waals surface area contributed by atoms with Crippen molar-refractivity contribution < 1.29 is 18.9 Å². The van der Waals surface area contributed by atoms with Gasteiger partial charge in [0.1, 0.15) is 18.1 Å². The lowest BCUT2D eigenvalue weighted by molar-refractivity contribution is 0.141. The van der Waals surface area contributed by atoms with Crippen LogP contribution in [0.5, 0.6) is 5.75 Å². The number of nitrogens with one attached hydrogen (secondary N) is 1. The maximum Gasteiger partial charge on any atom is 0.227 e. The molecule has 2 heterocycles. The third kappa shape index (κ3) is 9.78. The summed E-state index contributed by atoms with van der Waals surface area (Å²) in [6, 6.07) is 7.85. The number of nitrogens with zero attached hydrogens (tertiary/aromatic N) is 3. The number of anilines is 2. The Kier molecular flexibility index (Phi) is 12.6. The Balaban J connectivity index is 1.86. The zero-order valence-corrected chi connectivity index (χ0v) is 22.8. The van der Waals surface area contributed by atoms with Gasteiger partial charge in [0.2, 0.25) is 5.95 Å². The number of likely N-dealkylation sites (N-methyl/N-ethyl adjacent to an activating group) is 1. The number of methoxy groups -OCH3 is 1. The highest BCUT2D eigenvalue weighted by Gasteiger charge is 2.10. The van der Waals surface area contributed by atoms with Crippen LogP contribution in [0.15, 0.2) is 73.2 Å². The largest absolute Gasteiger partial charge is 0.497 e. The molecule has 38 heavy (non-hydrogen) atoms. The van der Waals surface area contributed by atoms with Crippen molar-refractivity contribution in [3.05, 3.63) is 84.4 Å². The number of hydrogen-bond donors (Lipinski definition) is 1. The molecule has 0 fully saturated rings. The quantitative estimate of drug-likeness (QED) is 0.263. The van der Waals surface area contributed by atoms with Gasteiger partial charge in [-0.1, -0.05) is 38.7 Å². The van der Waals surface area contributed by atoms with E-state index in [9.17, 15) is 0 Å². The van der Waals surface area contributed by atoms with E-state index in [1.54, 1.807) is 13.3 Å². The van der Waals surface area contributed by atoms with Gasteiger partial charge >= 0.3 is 0 Å². The molecule has 3 rings (SSSR count). The van der Waals surface area contributed by atoms with E-state index in [1.165, 1.54) is 0 Å². The smallest absolute Gasteiger partial charge is 0.227 e. The third-order valence-electron chi connectivity index (χ3n) is 6.02. The first-order valence-corrected chi connectivity index (χ1v) is 13.1. The van der Waals surface area contributed by atoms with Crippen LogP contribution < -0.4 is 10.1 Å². The molecule has 8 nitrogen and oxygen atoms in total. The summed E-state index contributed by atoms with van der Waals surface area (Å²) in [5.74, 6) is 1.87. The van der Waals surface area contributed by atoms with Gasteiger partial charge in [0.05, 0.1) is 39.2 Å². The van der Waals surface area contributed by atoms with E-state index in [4.69, 9.17) is 23.9 Å². The Labute approximate surface area is 226 Å². The summed E-state index contributed by atoms with van der Waals surface area (Å²) < 4.78 is 23.0. The maximum absolute atomic E-state index is 6.15. The SMILES string of the molecule is C=C(/C=C\C1=C/CCOC/C=C/COCc2cc(ccc2OCCN(CC)CC)Nc2nccc1n2)OC. The van der Waals surface area contributed by atoms with E-state index < -0.39 is 0 Å². The first-order chi connectivity index (χ1) is 18.6. The average Bonchev–Trinajstić information content (AvgIpc) is 2.94. The first kappa shape index (κ1) is 29.1. The summed E-state index contributed by atoms with van der Waals surface area (Å²) >= 11 is 0. The molecular weight excluding hydrogens is 480 g/mol. The van der Waals surface area contributed by atoms with Crippen molar-refractivity contribution in [3.8, 4) is 5.75 Å². The molecule has 0 saturated heterocycles. The highest BCUT2D eigenvalue weighted by molar-refractivity contribution is 5.73. The molecule has 1 aromatic carbocycles. The molecule has 1 N–H and O–H groups in total. The van der Waals surface area contributed by atoms with Gasteiger partial charge in [0.25, 0.3) is 0 Å². The lowest BCUT2D eigenvalue weighted by Gasteiger charge is -2.19. The normalized spacial score (nSPS) is 17.1. The van der Waals surface area contributed by atoms with Crippen LogP contribution >= 0.6 is 0 Å².